The SMILES string of the molecule is CN1CC(N2CC(C(=O)Nc3ccn(-c4ncccc4F)n3)CC2=O)C1. The lowest BCUT2D eigenvalue weighted by Gasteiger charge is -2.42. The normalized spacial score (nSPS) is 21.1. The van der Waals surface area contributed by atoms with E-state index in [-0.39, 0.29) is 30.1 Å². The summed E-state index contributed by atoms with van der Waals surface area (Å²) in [6.07, 6.45) is 3.20. The number of hydrogen-bond acceptors (Lipinski definition) is 5. The van der Waals surface area contributed by atoms with Crippen LogP contribution in [0.1, 0.15) is 6.42 Å². The molecule has 26 heavy (non-hydrogen) atoms. The Morgan fingerprint density at radius 3 is 2.85 bits per heavy atom. The zero-order chi connectivity index (χ0) is 18.3. The first-order chi connectivity index (χ1) is 12.5. The summed E-state index contributed by atoms with van der Waals surface area (Å²) < 4.78 is 15.0. The summed E-state index contributed by atoms with van der Waals surface area (Å²) >= 11 is 0. The summed E-state index contributed by atoms with van der Waals surface area (Å²) in [5.74, 6) is -0.774. The molecule has 2 amide bonds. The first kappa shape index (κ1) is 16.6. The van der Waals surface area contributed by atoms with Crippen molar-refractivity contribution in [1.82, 2.24) is 24.6 Å². The molecule has 0 spiro atoms. The number of carbonyl (C=O) groups excluding carboxylic acids is 2. The molecule has 2 aromatic rings. The fraction of sp³-hybridized carbons (Fsp3) is 0.412. The molecule has 0 bridgehead atoms. The first-order valence-corrected chi connectivity index (χ1v) is 8.46. The monoisotopic (exact) mass is 358 g/mol. The van der Waals surface area contributed by atoms with Crippen molar-refractivity contribution in [2.45, 2.75) is 12.5 Å². The molecular formula is C17H19FN6O2. The van der Waals surface area contributed by atoms with Crippen LogP contribution in [0.25, 0.3) is 5.82 Å². The molecule has 1 atom stereocenters. The van der Waals surface area contributed by atoms with Gasteiger partial charge >= 0.3 is 0 Å². The van der Waals surface area contributed by atoms with Crippen LogP contribution in [0.5, 0.6) is 0 Å². The van der Waals surface area contributed by atoms with E-state index in [9.17, 15) is 14.0 Å². The maximum atomic E-state index is 13.8. The quantitative estimate of drug-likeness (QED) is 0.861. The molecule has 0 aliphatic carbocycles. The van der Waals surface area contributed by atoms with Crippen LogP contribution in [0, 0.1) is 11.7 Å². The molecular weight excluding hydrogens is 339 g/mol. The average molecular weight is 358 g/mol. The summed E-state index contributed by atoms with van der Waals surface area (Å²) in [4.78, 5) is 32.5. The zero-order valence-corrected chi connectivity index (χ0v) is 14.3. The van der Waals surface area contributed by atoms with Crippen LogP contribution in [-0.4, -0.2) is 69.1 Å². The minimum Gasteiger partial charge on any atom is -0.336 e. The van der Waals surface area contributed by atoms with Crippen LogP contribution >= 0.6 is 0 Å². The van der Waals surface area contributed by atoms with E-state index in [0.717, 1.165) is 13.1 Å². The number of likely N-dealkylation sites (N-methyl/N-ethyl adjacent to an activating group) is 1. The summed E-state index contributed by atoms with van der Waals surface area (Å²) in [7, 11) is 2.00. The molecule has 2 fully saturated rings. The van der Waals surface area contributed by atoms with Crippen molar-refractivity contribution in [3.05, 3.63) is 36.4 Å². The van der Waals surface area contributed by atoms with Gasteiger partial charge in [-0.3, -0.25) is 9.59 Å². The Morgan fingerprint density at radius 1 is 1.31 bits per heavy atom. The zero-order valence-electron chi connectivity index (χ0n) is 14.3. The predicted octanol–water partition coefficient (Wildman–Crippen LogP) is 0.507. The van der Waals surface area contributed by atoms with E-state index in [2.05, 4.69) is 20.3 Å². The third kappa shape index (κ3) is 3.05. The minimum atomic E-state index is -0.504. The van der Waals surface area contributed by atoms with Crippen LogP contribution in [0.4, 0.5) is 10.2 Å². The highest BCUT2D eigenvalue weighted by molar-refractivity contribution is 5.96. The molecule has 4 heterocycles. The number of hydrogen-bond donors (Lipinski definition) is 1. The van der Waals surface area contributed by atoms with Gasteiger partial charge in [-0.25, -0.2) is 14.1 Å². The van der Waals surface area contributed by atoms with E-state index in [1.165, 1.54) is 29.2 Å². The number of aromatic nitrogens is 3. The van der Waals surface area contributed by atoms with Crippen LogP contribution in [0.3, 0.4) is 0 Å². The minimum absolute atomic E-state index is 0.0179. The summed E-state index contributed by atoms with van der Waals surface area (Å²) in [6.45, 7) is 2.12. The van der Waals surface area contributed by atoms with Crippen LogP contribution in [-0.2, 0) is 9.59 Å². The molecule has 0 aromatic carbocycles. The molecule has 1 unspecified atom stereocenters. The number of amides is 2. The van der Waals surface area contributed by atoms with Gasteiger partial charge < -0.3 is 15.1 Å². The van der Waals surface area contributed by atoms with Gasteiger partial charge in [0.1, 0.15) is 0 Å². The lowest BCUT2D eigenvalue weighted by molar-refractivity contribution is -0.132. The summed E-state index contributed by atoms with van der Waals surface area (Å²) in [5, 5.41) is 6.85. The van der Waals surface area contributed by atoms with Gasteiger partial charge in [-0.15, -0.1) is 5.10 Å². The van der Waals surface area contributed by atoms with Crippen LogP contribution in [0.15, 0.2) is 30.6 Å². The van der Waals surface area contributed by atoms with E-state index >= 15 is 0 Å². The van der Waals surface area contributed by atoms with Gasteiger partial charge in [0.2, 0.25) is 11.8 Å². The number of carbonyl (C=O) groups is 2. The Morgan fingerprint density at radius 2 is 2.12 bits per heavy atom. The number of pyridine rings is 1. The molecule has 136 valence electrons. The van der Waals surface area contributed by atoms with Gasteiger partial charge in [0.15, 0.2) is 17.5 Å². The van der Waals surface area contributed by atoms with Gasteiger partial charge in [-0.1, -0.05) is 0 Å². The summed E-state index contributed by atoms with van der Waals surface area (Å²) in [5.41, 5.74) is 0. The Labute approximate surface area is 149 Å². The molecule has 4 rings (SSSR count). The Kier molecular flexibility index (Phi) is 4.15. The first-order valence-electron chi connectivity index (χ1n) is 8.46. The van der Waals surface area contributed by atoms with Gasteiger partial charge in [0.25, 0.3) is 0 Å². The van der Waals surface area contributed by atoms with E-state index in [1.54, 1.807) is 11.0 Å². The fourth-order valence-corrected chi connectivity index (χ4v) is 3.41. The standard InChI is InChI=1S/C17H19FN6O2/c1-22-9-12(10-22)23-8-11(7-15(23)25)17(26)20-14-4-6-24(21-14)16-13(18)3-2-5-19-16/h2-6,11-12H,7-10H2,1H3,(H,20,21,26). The van der Waals surface area contributed by atoms with E-state index in [1.807, 2.05) is 7.05 Å². The highest BCUT2D eigenvalue weighted by atomic mass is 19.1. The van der Waals surface area contributed by atoms with Gasteiger partial charge in [-0.2, -0.15) is 0 Å². The second kappa shape index (κ2) is 6.49. The van der Waals surface area contributed by atoms with Crippen molar-refractivity contribution < 1.29 is 14.0 Å². The predicted molar refractivity (Wildman–Crippen MR) is 91.1 cm³/mol. The topological polar surface area (TPSA) is 83.4 Å². The third-order valence-corrected chi connectivity index (χ3v) is 4.81. The number of halogens is 1. The fourth-order valence-electron chi connectivity index (χ4n) is 3.41. The Bertz CT molecular complexity index is 847. The summed E-state index contributed by atoms with van der Waals surface area (Å²) in [6, 6.07) is 4.56. The van der Waals surface area contributed by atoms with E-state index in [0.29, 0.717) is 12.4 Å². The molecule has 9 heteroatoms. The van der Waals surface area contributed by atoms with Crippen molar-refractivity contribution in [1.29, 1.82) is 0 Å². The Balaban J connectivity index is 1.40. The van der Waals surface area contributed by atoms with Crippen molar-refractivity contribution in [2.75, 3.05) is 32.0 Å². The number of nitrogens with one attached hydrogen (secondary N) is 1. The van der Waals surface area contributed by atoms with E-state index < -0.39 is 11.7 Å². The third-order valence-electron chi connectivity index (χ3n) is 4.81. The number of nitrogens with zero attached hydrogens (tertiary/aromatic N) is 5. The van der Waals surface area contributed by atoms with Crippen molar-refractivity contribution in [3.63, 3.8) is 0 Å². The molecule has 2 aromatic heterocycles. The highest BCUT2D eigenvalue weighted by Gasteiger charge is 2.41. The molecule has 0 saturated carbocycles. The number of likely N-dealkylation sites (tertiary alicyclic amines) is 2. The highest BCUT2D eigenvalue weighted by Crippen LogP contribution is 2.25. The molecule has 2 aliphatic heterocycles. The lowest BCUT2D eigenvalue weighted by Crippen LogP contribution is -2.58. The molecule has 2 saturated heterocycles. The van der Waals surface area contributed by atoms with Crippen LogP contribution < -0.4 is 5.32 Å². The number of anilines is 1. The number of rotatable bonds is 4. The van der Waals surface area contributed by atoms with Gasteiger partial charge in [0.05, 0.1) is 12.0 Å². The second-order valence-electron chi connectivity index (χ2n) is 6.77. The van der Waals surface area contributed by atoms with Crippen LogP contribution in [0.2, 0.25) is 0 Å². The Hall–Kier alpha value is -2.81. The average Bonchev–Trinajstić information content (AvgIpc) is 3.19. The molecule has 0 radical (unpaired) electrons. The van der Waals surface area contributed by atoms with Gasteiger partial charge in [0, 0.05) is 44.5 Å². The van der Waals surface area contributed by atoms with Crippen molar-refractivity contribution in [3.8, 4) is 5.82 Å². The lowest BCUT2D eigenvalue weighted by atomic mass is 10.1. The van der Waals surface area contributed by atoms with Crippen molar-refractivity contribution in [2.24, 2.45) is 5.92 Å². The molecule has 8 nitrogen and oxygen atoms in total. The molecule has 2 aliphatic rings. The largest absolute Gasteiger partial charge is 0.336 e. The maximum absolute atomic E-state index is 13.8. The molecule has 1 N–H and O–H groups in total. The second-order valence-corrected chi connectivity index (χ2v) is 6.77. The van der Waals surface area contributed by atoms with Crippen molar-refractivity contribution >= 4 is 17.6 Å². The van der Waals surface area contributed by atoms with E-state index in [4.69, 9.17) is 0 Å². The maximum Gasteiger partial charge on any atom is 0.230 e. The van der Waals surface area contributed by atoms with Gasteiger partial charge in [-0.05, 0) is 19.2 Å². The smallest absolute Gasteiger partial charge is 0.230 e.